The van der Waals surface area contributed by atoms with Gasteiger partial charge in [-0.15, -0.1) is 0 Å². The van der Waals surface area contributed by atoms with E-state index in [4.69, 9.17) is 4.74 Å². The van der Waals surface area contributed by atoms with Crippen molar-refractivity contribution in [1.29, 1.82) is 0 Å². The molecule has 0 aliphatic heterocycles. The van der Waals surface area contributed by atoms with Crippen molar-refractivity contribution >= 4 is 11.8 Å². The molecule has 0 radical (unpaired) electrons. The highest BCUT2D eigenvalue weighted by Gasteiger charge is 2.29. The molecule has 9 nitrogen and oxygen atoms in total. The second-order valence-corrected chi connectivity index (χ2v) is 8.02. The van der Waals surface area contributed by atoms with Gasteiger partial charge in [-0.05, 0) is 39.9 Å². The summed E-state index contributed by atoms with van der Waals surface area (Å²) in [6.45, 7) is -0.783. The summed E-state index contributed by atoms with van der Waals surface area (Å²) in [4.78, 5) is 22.6. The van der Waals surface area contributed by atoms with Gasteiger partial charge in [-0.3, -0.25) is 10.1 Å². The predicted molar refractivity (Wildman–Crippen MR) is 123 cm³/mol. The zero-order valence-corrected chi connectivity index (χ0v) is 18.1. The molecular weight excluding hydrogens is 440 g/mol. The first-order chi connectivity index (χ1) is 16.4. The lowest BCUT2D eigenvalue weighted by molar-refractivity contribution is -0.385. The monoisotopic (exact) mass is 464 g/mol. The maximum Gasteiger partial charge on any atom is 0.407 e. The zero-order chi connectivity index (χ0) is 24.2. The molecule has 9 heteroatoms. The fourth-order valence-electron chi connectivity index (χ4n) is 4.27. The van der Waals surface area contributed by atoms with Crippen LogP contribution in [0.25, 0.3) is 11.1 Å². The summed E-state index contributed by atoms with van der Waals surface area (Å²) in [5, 5.41) is 43.4. The van der Waals surface area contributed by atoms with Gasteiger partial charge in [-0.1, -0.05) is 48.5 Å². The number of nitrogens with zero attached hydrogens (tertiary/aromatic N) is 1. The molecule has 3 aromatic rings. The third kappa shape index (κ3) is 4.62. The van der Waals surface area contributed by atoms with Crippen molar-refractivity contribution < 1.29 is 29.8 Å². The fourth-order valence-corrected chi connectivity index (χ4v) is 4.27. The zero-order valence-electron chi connectivity index (χ0n) is 18.1. The third-order valence-corrected chi connectivity index (χ3v) is 5.98. The van der Waals surface area contributed by atoms with Gasteiger partial charge in [0.05, 0.1) is 17.1 Å². The molecule has 0 fully saturated rings. The lowest BCUT2D eigenvalue weighted by Gasteiger charge is -2.20. The van der Waals surface area contributed by atoms with Crippen molar-refractivity contribution in [3.05, 3.63) is 99.1 Å². The Bertz CT molecular complexity index is 1170. The van der Waals surface area contributed by atoms with Gasteiger partial charge < -0.3 is 25.4 Å². The number of amides is 1. The van der Waals surface area contributed by atoms with E-state index in [1.165, 1.54) is 12.1 Å². The van der Waals surface area contributed by atoms with Gasteiger partial charge in [0, 0.05) is 18.5 Å². The fraction of sp³-hybridized carbons (Fsp3) is 0.240. The van der Waals surface area contributed by atoms with Crippen LogP contribution in [-0.4, -0.2) is 45.6 Å². The number of aliphatic hydroxyl groups excluding tert-OH is 3. The number of hydrogen-bond donors (Lipinski definition) is 4. The molecule has 4 rings (SSSR count). The number of alkyl carbamates (subject to hydrolysis) is 1. The van der Waals surface area contributed by atoms with Crippen molar-refractivity contribution in [1.82, 2.24) is 5.32 Å². The standard InChI is InChI=1S/C25H24N2O7/c28-13-16-11-15(9-10-22(16)27(32)33)24(30)23(29)12-26-25(31)34-14-21-19-7-3-1-5-17(19)18-6-2-4-8-20(18)21/h1-11,21,23-24,28-30H,12-14H2,(H,26,31). The number of rotatable bonds is 8. The van der Waals surface area contributed by atoms with Crippen LogP contribution in [0.3, 0.4) is 0 Å². The van der Waals surface area contributed by atoms with E-state index < -0.39 is 29.8 Å². The number of carbonyl (C=O) groups is 1. The highest BCUT2D eigenvalue weighted by atomic mass is 16.6. The SMILES string of the molecule is O=C(NCC(O)C(O)c1ccc([N+](=O)[O-])c(CO)c1)OCC1c2ccccc2-c2ccccc21. The number of fused-ring (bicyclic) bond motifs is 3. The third-order valence-electron chi connectivity index (χ3n) is 5.98. The molecule has 34 heavy (non-hydrogen) atoms. The minimum absolute atomic E-state index is 0.0123. The summed E-state index contributed by atoms with van der Waals surface area (Å²) in [5.41, 5.74) is 4.26. The quantitative estimate of drug-likeness (QED) is 0.296. The second kappa shape index (κ2) is 10.0. The molecule has 1 aliphatic rings. The van der Waals surface area contributed by atoms with Gasteiger partial charge in [0.2, 0.25) is 0 Å². The van der Waals surface area contributed by atoms with Gasteiger partial charge in [0.15, 0.2) is 0 Å². The average molecular weight is 464 g/mol. The van der Waals surface area contributed by atoms with Crippen LogP contribution in [0.5, 0.6) is 0 Å². The van der Waals surface area contributed by atoms with Crippen LogP contribution in [0.15, 0.2) is 66.7 Å². The molecule has 1 aliphatic carbocycles. The van der Waals surface area contributed by atoms with Crippen LogP contribution < -0.4 is 5.32 Å². The Kier molecular flexibility index (Phi) is 6.87. The number of carbonyl (C=O) groups excluding carboxylic acids is 1. The number of benzene rings is 3. The first kappa shape index (κ1) is 23.4. The molecule has 0 heterocycles. The van der Waals surface area contributed by atoms with E-state index in [-0.39, 0.29) is 35.9 Å². The number of hydrogen-bond acceptors (Lipinski definition) is 7. The maximum absolute atomic E-state index is 12.3. The number of nitro benzene ring substituents is 1. The Morgan fingerprint density at radius 1 is 1.03 bits per heavy atom. The van der Waals surface area contributed by atoms with Crippen molar-refractivity contribution in [3.8, 4) is 11.1 Å². The number of nitrogens with one attached hydrogen (secondary N) is 1. The normalized spacial score (nSPS) is 14.1. The van der Waals surface area contributed by atoms with E-state index in [2.05, 4.69) is 5.32 Å². The molecule has 4 N–H and O–H groups in total. The number of ether oxygens (including phenoxy) is 1. The summed E-state index contributed by atoms with van der Waals surface area (Å²) < 4.78 is 5.40. The van der Waals surface area contributed by atoms with Crippen LogP contribution >= 0.6 is 0 Å². The van der Waals surface area contributed by atoms with E-state index >= 15 is 0 Å². The highest BCUT2D eigenvalue weighted by molar-refractivity contribution is 5.79. The number of nitro groups is 1. The van der Waals surface area contributed by atoms with Gasteiger partial charge in [0.1, 0.15) is 18.8 Å². The molecule has 1 amide bonds. The Labute approximate surface area is 195 Å². The molecule has 0 aromatic heterocycles. The van der Waals surface area contributed by atoms with Crippen LogP contribution in [0, 0.1) is 10.1 Å². The topological polar surface area (TPSA) is 142 Å². The molecular formula is C25H24N2O7. The Morgan fingerprint density at radius 2 is 1.65 bits per heavy atom. The van der Waals surface area contributed by atoms with Crippen LogP contribution in [0.4, 0.5) is 10.5 Å². The highest BCUT2D eigenvalue weighted by Crippen LogP contribution is 2.44. The minimum atomic E-state index is -1.43. The van der Waals surface area contributed by atoms with E-state index in [1.54, 1.807) is 0 Å². The first-order valence-corrected chi connectivity index (χ1v) is 10.7. The maximum atomic E-state index is 12.3. The Balaban J connectivity index is 1.34. The van der Waals surface area contributed by atoms with Gasteiger partial charge in [-0.25, -0.2) is 4.79 Å². The first-order valence-electron chi connectivity index (χ1n) is 10.7. The van der Waals surface area contributed by atoms with Crippen molar-refractivity contribution in [2.45, 2.75) is 24.7 Å². The number of aliphatic hydroxyl groups is 3. The summed E-state index contributed by atoms with van der Waals surface area (Å²) in [7, 11) is 0. The molecule has 176 valence electrons. The van der Waals surface area contributed by atoms with Crippen molar-refractivity contribution in [2.24, 2.45) is 0 Å². The molecule has 3 aromatic carbocycles. The van der Waals surface area contributed by atoms with Crippen LogP contribution in [0.1, 0.15) is 34.3 Å². The van der Waals surface area contributed by atoms with Crippen molar-refractivity contribution in [2.75, 3.05) is 13.2 Å². The summed E-state index contributed by atoms with van der Waals surface area (Å²) >= 11 is 0. The van der Waals surface area contributed by atoms with Crippen molar-refractivity contribution in [3.63, 3.8) is 0 Å². The largest absolute Gasteiger partial charge is 0.449 e. The summed E-state index contributed by atoms with van der Waals surface area (Å²) in [6, 6.07) is 19.6. The summed E-state index contributed by atoms with van der Waals surface area (Å²) in [5.74, 6) is -0.106. The molecule has 0 saturated carbocycles. The van der Waals surface area contributed by atoms with E-state index in [0.29, 0.717) is 0 Å². The van der Waals surface area contributed by atoms with Crippen LogP contribution in [-0.2, 0) is 11.3 Å². The second-order valence-electron chi connectivity index (χ2n) is 8.02. The van der Waals surface area contributed by atoms with Gasteiger partial charge >= 0.3 is 6.09 Å². The lowest BCUT2D eigenvalue weighted by Crippen LogP contribution is -2.36. The molecule has 2 atom stereocenters. The van der Waals surface area contributed by atoms with E-state index in [1.807, 2.05) is 48.5 Å². The van der Waals surface area contributed by atoms with E-state index in [9.17, 15) is 30.2 Å². The van der Waals surface area contributed by atoms with Gasteiger partial charge in [0.25, 0.3) is 5.69 Å². The van der Waals surface area contributed by atoms with E-state index in [0.717, 1.165) is 28.3 Å². The molecule has 0 saturated heterocycles. The summed E-state index contributed by atoms with van der Waals surface area (Å²) in [6.07, 6.45) is -3.57. The smallest absolute Gasteiger partial charge is 0.407 e. The average Bonchev–Trinajstić information content (AvgIpc) is 3.18. The molecule has 0 bridgehead atoms. The predicted octanol–water partition coefficient (Wildman–Crippen LogP) is 3.02. The minimum Gasteiger partial charge on any atom is -0.449 e. The molecule has 2 unspecified atom stereocenters. The Hall–Kier alpha value is -3.79. The van der Waals surface area contributed by atoms with Gasteiger partial charge in [-0.2, -0.15) is 0 Å². The molecule has 0 spiro atoms. The Morgan fingerprint density at radius 3 is 2.24 bits per heavy atom. The lowest BCUT2D eigenvalue weighted by atomic mass is 9.98. The van der Waals surface area contributed by atoms with Crippen LogP contribution in [0.2, 0.25) is 0 Å².